The number of benzene rings is 3. The van der Waals surface area contributed by atoms with Gasteiger partial charge in [-0.1, -0.05) is 97.7 Å². The lowest BCUT2D eigenvalue weighted by molar-refractivity contribution is 0.995. The van der Waals surface area contributed by atoms with Crippen LogP contribution in [-0.2, 0) is 6.42 Å². The number of para-hydroxylation sites is 1. The molecule has 0 saturated carbocycles. The number of anilines is 2. The van der Waals surface area contributed by atoms with Crippen molar-refractivity contribution in [1.82, 2.24) is 5.32 Å². The SMILES string of the molecule is C=C(/C=C\c1cc(C2=CC=CCN2)ccc1C)c1ccc(C/C=C\C=C(/N)C/C=C\C=C/N)cc1Nc1ccccc1. The summed E-state index contributed by atoms with van der Waals surface area (Å²) in [5.74, 6) is 0. The zero-order valence-electron chi connectivity index (χ0n) is 24.3. The lowest BCUT2D eigenvalue weighted by atomic mass is 9.98. The molecule has 0 fully saturated rings. The van der Waals surface area contributed by atoms with Gasteiger partial charge in [-0.3, -0.25) is 0 Å². The number of rotatable bonds is 12. The molecule has 0 spiro atoms. The normalized spacial score (nSPS) is 13.7. The van der Waals surface area contributed by atoms with Gasteiger partial charge < -0.3 is 22.1 Å². The average Bonchev–Trinajstić information content (AvgIpc) is 3.02. The van der Waals surface area contributed by atoms with E-state index in [0.29, 0.717) is 6.42 Å². The Kier molecular flexibility index (Phi) is 11.0. The fourth-order valence-electron chi connectivity index (χ4n) is 4.52. The number of dihydropyridines is 1. The van der Waals surface area contributed by atoms with E-state index >= 15 is 0 Å². The first-order chi connectivity index (χ1) is 20.5. The maximum Gasteiger partial charge on any atom is 0.0466 e. The Bertz CT molecular complexity index is 1580. The van der Waals surface area contributed by atoms with Gasteiger partial charge in [-0.2, -0.15) is 0 Å². The highest BCUT2D eigenvalue weighted by Gasteiger charge is 2.08. The van der Waals surface area contributed by atoms with Crippen LogP contribution in [0.1, 0.15) is 34.2 Å². The molecule has 3 aromatic rings. The lowest BCUT2D eigenvalue weighted by Crippen LogP contribution is -2.14. The van der Waals surface area contributed by atoms with E-state index in [4.69, 9.17) is 11.5 Å². The van der Waals surface area contributed by atoms with Crippen LogP contribution in [0.15, 0.2) is 146 Å². The molecule has 3 aromatic carbocycles. The van der Waals surface area contributed by atoms with Crippen LogP contribution in [0, 0.1) is 6.92 Å². The third-order valence-corrected chi connectivity index (χ3v) is 6.86. The molecule has 4 nitrogen and oxygen atoms in total. The van der Waals surface area contributed by atoms with Crippen molar-refractivity contribution in [3.63, 3.8) is 0 Å². The van der Waals surface area contributed by atoms with Gasteiger partial charge in [0.1, 0.15) is 0 Å². The molecule has 0 saturated heterocycles. The Morgan fingerprint density at radius 3 is 2.64 bits per heavy atom. The van der Waals surface area contributed by atoms with Gasteiger partial charge in [0.05, 0.1) is 0 Å². The van der Waals surface area contributed by atoms with Crippen LogP contribution >= 0.6 is 0 Å². The van der Waals surface area contributed by atoms with Gasteiger partial charge in [0.2, 0.25) is 0 Å². The van der Waals surface area contributed by atoms with E-state index in [1.54, 1.807) is 6.08 Å². The molecule has 6 N–H and O–H groups in total. The summed E-state index contributed by atoms with van der Waals surface area (Å²) in [5, 5.41) is 7.05. The second-order valence-electron chi connectivity index (χ2n) is 10.1. The molecule has 1 aliphatic heterocycles. The highest BCUT2D eigenvalue weighted by Crippen LogP contribution is 2.29. The standard InChI is InChI=1S/C38H40N4/c1-29-19-23-33(37-18-10-12-26-41-37)28-32(29)22-20-30(2)36-24-21-31(27-38(36)42-35-16-6-3-7-17-35)13-8-9-15-34(40)14-5-4-11-25-39/h3-12,15-25,27-28,41-42H,2,13-14,26,39-40H2,1H3/b5-4-,9-8-,22-20-,25-11-,34-15-. The molecule has 0 unspecified atom stereocenters. The van der Waals surface area contributed by atoms with E-state index in [0.717, 1.165) is 46.9 Å². The summed E-state index contributed by atoms with van der Waals surface area (Å²) in [4.78, 5) is 0. The molecule has 0 atom stereocenters. The topological polar surface area (TPSA) is 76.1 Å². The maximum atomic E-state index is 6.09. The molecule has 42 heavy (non-hydrogen) atoms. The molecule has 0 aliphatic carbocycles. The van der Waals surface area contributed by atoms with Crippen LogP contribution in [0.4, 0.5) is 11.4 Å². The van der Waals surface area contributed by atoms with Crippen molar-refractivity contribution < 1.29 is 0 Å². The van der Waals surface area contributed by atoms with Crippen molar-refractivity contribution in [3.8, 4) is 0 Å². The van der Waals surface area contributed by atoms with Gasteiger partial charge in [0.25, 0.3) is 0 Å². The summed E-state index contributed by atoms with van der Waals surface area (Å²) in [6.07, 6.45) is 25.3. The average molecular weight is 553 g/mol. The summed E-state index contributed by atoms with van der Waals surface area (Å²) in [5.41, 5.74) is 22.2. The lowest BCUT2D eigenvalue weighted by Gasteiger charge is -2.15. The molecule has 1 aliphatic rings. The highest BCUT2D eigenvalue weighted by atomic mass is 14.9. The van der Waals surface area contributed by atoms with Crippen molar-refractivity contribution in [2.24, 2.45) is 11.5 Å². The number of allylic oxidation sites excluding steroid dienone is 10. The fourth-order valence-corrected chi connectivity index (χ4v) is 4.52. The molecule has 0 aromatic heterocycles. The molecule has 0 radical (unpaired) electrons. The second kappa shape index (κ2) is 15.5. The zero-order valence-corrected chi connectivity index (χ0v) is 24.3. The van der Waals surface area contributed by atoms with Crippen LogP contribution in [0.3, 0.4) is 0 Å². The molecule has 4 rings (SSSR count). The van der Waals surface area contributed by atoms with Gasteiger partial charge in [0.15, 0.2) is 0 Å². The van der Waals surface area contributed by atoms with Crippen LogP contribution in [0.25, 0.3) is 17.3 Å². The number of hydrogen-bond acceptors (Lipinski definition) is 4. The fraction of sp³-hybridized carbons (Fsp3) is 0.105. The van der Waals surface area contributed by atoms with Crippen molar-refractivity contribution in [1.29, 1.82) is 0 Å². The first-order valence-corrected chi connectivity index (χ1v) is 14.2. The minimum absolute atomic E-state index is 0.681. The van der Waals surface area contributed by atoms with Gasteiger partial charge in [-0.05, 0) is 89.9 Å². The smallest absolute Gasteiger partial charge is 0.0466 e. The first-order valence-electron chi connectivity index (χ1n) is 14.2. The summed E-state index contributed by atoms with van der Waals surface area (Å²) in [7, 11) is 0. The molecule has 4 heteroatoms. The quantitative estimate of drug-likeness (QED) is 0.170. The van der Waals surface area contributed by atoms with E-state index < -0.39 is 0 Å². The van der Waals surface area contributed by atoms with Crippen molar-refractivity contribution >= 4 is 28.7 Å². The summed E-state index contributed by atoms with van der Waals surface area (Å²) >= 11 is 0. The monoisotopic (exact) mass is 552 g/mol. The summed E-state index contributed by atoms with van der Waals surface area (Å²) in [6, 6.07) is 23.3. The van der Waals surface area contributed by atoms with Gasteiger partial charge >= 0.3 is 0 Å². The van der Waals surface area contributed by atoms with Crippen molar-refractivity contribution in [2.75, 3.05) is 11.9 Å². The number of nitrogens with one attached hydrogen (secondary N) is 2. The Labute approximate surface area is 250 Å². The van der Waals surface area contributed by atoms with E-state index in [1.807, 2.05) is 42.5 Å². The molecular weight excluding hydrogens is 512 g/mol. The van der Waals surface area contributed by atoms with E-state index in [2.05, 4.69) is 109 Å². The molecule has 1 heterocycles. The van der Waals surface area contributed by atoms with Crippen LogP contribution < -0.4 is 22.1 Å². The Morgan fingerprint density at radius 2 is 1.86 bits per heavy atom. The zero-order chi connectivity index (χ0) is 29.6. The minimum atomic E-state index is 0.681. The number of hydrogen-bond donors (Lipinski definition) is 4. The largest absolute Gasteiger partial charge is 0.405 e. The molecule has 0 amide bonds. The van der Waals surface area contributed by atoms with Gasteiger partial charge in [-0.25, -0.2) is 0 Å². The third-order valence-electron chi connectivity index (χ3n) is 6.86. The van der Waals surface area contributed by atoms with Crippen LogP contribution in [0.5, 0.6) is 0 Å². The van der Waals surface area contributed by atoms with Crippen molar-refractivity contribution in [2.45, 2.75) is 19.8 Å². The van der Waals surface area contributed by atoms with Crippen molar-refractivity contribution in [3.05, 3.63) is 174 Å². The van der Waals surface area contributed by atoms with Crippen LogP contribution in [-0.4, -0.2) is 6.54 Å². The first kappa shape index (κ1) is 29.8. The Morgan fingerprint density at radius 1 is 1.00 bits per heavy atom. The Balaban J connectivity index is 1.53. The maximum absolute atomic E-state index is 6.09. The minimum Gasteiger partial charge on any atom is -0.405 e. The van der Waals surface area contributed by atoms with E-state index in [1.165, 1.54) is 28.5 Å². The van der Waals surface area contributed by atoms with Gasteiger partial charge in [-0.15, -0.1) is 0 Å². The van der Waals surface area contributed by atoms with E-state index in [-0.39, 0.29) is 0 Å². The number of nitrogens with two attached hydrogens (primary N) is 2. The predicted octanol–water partition coefficient (Wildman–Crippen LogP) is 8.33. The molecular formula is C38H40N4. The number of aryl methyl sites for hydroxylation is 1. The summed E-state index contributed by atoms with van der Waals surface area (Å²) in [6.45, 7) is 7.42. The third kappa shape index (κ3) is 8.90. The summed E-state index contributed by atoms with van der Waals surface area (Å²) < 4.78 is 0. The van der Waals surface area contributed by atoms with E-state index in [9.17, 15) is 0 Å². The predicted molar refractivity (Wildman–Crippen MR) is 183 cm³/mol. The highest BCUT2D eigenvalue weighted by molar-refractivity contribution is 5.86. The molecule has 0 bridgehead atoms. The van der Waals surface area contributed by atoms with Crippen LogP contribution in [0.2, 0.25) is 0 Å². The Hall–Kier alpha value is -5.22. The van der Waals surface area contributed by atoms with Gasteiger partial charge in [0, 0.05) is 41.3 Å². The second-order valence-corrected chi connectivity index (χ2v) is 10.1. The molecule has 212 valence electrons.